The molecule has 0 N–H and O–H groups in total. The zero-order valence-electron chi connectivity index (χ0n) is 14.7. The Morgan fingerprint density at radius 3 is 3.08 bits per heavy atom. The summed E-state index contributed by atoms with van der Waals surface area (Å²) >= 11 is 0. The van der Waals surface area contributed by atoms with Crippen molar-refractivity contribution in [2.75, 3.05) is 20.2 Å². The number of nitrogens with zero attached hydrogens (tertiary/aromatic N) is 4. The van der Waals surface area contributed by atoms with Crippen molar-refractivity contribution in [2.45, 2.75) is 38.5 Å². The third-order valence-corrected chi connectivity index (χ3v) is 4.50. The van der Waals surface area contributed by atoms with Crippen molar-refractivity contribution in [3.05, 3.63) is 42.5 Å². The Balaban J connectivity index is 1.54. The number of methoxy groups -OCH3 is 1. The number of piperidine rings is 1. The Bertz CT molecular complexity index is 689. The van der Waals surface area contributed by atoms with Crippen LogP contribution in [-0.4, -0.2) is 51.9 Å². The minimum absolute atomic E-state index is 0.0210. The summed E-state index contributed by atoms with van der Waals surface area (Å²) in [7, 11) is 1.63. The van der Waals surface area contributed by atoms with Crippen molar-refractivity contribution in [2.24, 2.45) is 0 Å². The number of carbonyl (C=O) groups is 1. The van der Waals surface area contributed by atoms with Crippen LogP contribution in [0.4, 0.5) is 0 Å². The van der Waals surface area contributed by atoms with Gasteiger partial charge in [0.05, 0.1) is 19.8 Å². The van der Waals surface area contributed by atoms with Gasteiger partial charge in [0.1, 0.15) is 24.5 Å². The second kappa shape index (κ2) is 8.11. The number of rotatable bonds is 6. The molecule has 0 saturated carbocycles. The molecule has 1 aliphatic rings. The molecular weight excluding hydrogens is 320 g/mol. The summed E-state index contributed by atoms with van der Waals surface area (Å²) in [5, 5.41) is 4.20. The zero-order chi connectivity index (χ0) is 17.6. The van der Waals surface area contributed by atoms with Crippen LogP contribution in [0.1, 0.15) is 31.4 Å². The molecule has 1 amide bonds. The normalized spacial score (nSPS) is 18.8. The smallest absolute Gasteiger partial charge is 0.251 e. The van der Waals surface area contributed by atoms with Crippen molar-refractivity contribution >= 4 is 5.91 Å². The van der Waals surface area contributed by atoms with Crippen LogP contribution in [0.5, 0.6) is 5.75 Å². The van der Waals surface area contributed by atoms with E-state index in [1.807, 2.05) is 40.8 Å². The molecule has 7 heteroatoms. The SMILES string of the molecule is COc1cccc(CO[C@@H](C)C(=O)N2CCC[C@H](n3cncn3)C2)c1. The molecule has 2 heterocycles. The van der Waals surface area contributed by atoms with Crippen molar-refractivity contribution in [1.82, 2.24) is 19.7 Å². The highest BCUT2D eigenvalue weighted by Crippen LogP contribution is 2.21. The van der Waals surface area contributed by atoms with Crippen LogP contribution in [-0.2, 0) is 16.1 Å². The van der Waals surface area contributed by atoms with Gasteiger partial charge in [-0.05, 0) is 37.5 Å². The van der Waals surface area contributed by atoms with Crippen LogP contribution in [0.3, 0.4) is 0 Å². The van der Waals surface area contributed by atoms with Crippen LogP contribution in [0.25, 0.3) is 0 Å². The van der Waals surface area contributed by atoms with Gasteiger partial charge in [0.2, 0.25) is 0 Å². The summed E-state index contributed by atoms with van der Waals surface area (Å²) in [5.74, 6) is 0.805. The van der Waals surface area contributed by atoms with E-state index in [0.717, 1.165) is 30.7 Å². The van der Waals surface area contributed by atoms with Crippen molar-refractivity contribution in [1.29, 1.82) is 0 Å². The molecule has 0 unspecified atom stereocenters. The molecule has 1 aromatic carbocycles. The van der Waals surface area contributed by atoms with Gasteiger partial charge in [-0.2, -0.15) is 5.10 Å². The van der Waals surface area contributed by atoms with Crippen LogP contribution >= 0.6 is 0 Å². The maximum absolute atomic E-state index is 12.7. The fourth-order valence-corrected chi connectivity index (χ4v) is 3.09. The highest BCUT2D eigenvalue weighted by molar-refractivity contribution is 5.80. The van der Waals surface area contributed by atoms with Crippen molar-refractivity contribution < 1.29 is 14.3 Å². The van der Waals surface area contributed by atoms with E-state index >= 15 is 0 Å². The summed E-state index contributed by atoms with van der Waals surface area (Å²) in [4.78, 5) is 18.5. The van der Waals surface area contributed by atoms with Crippen LogP contribution < -0.4 is 4.74 Å². The van der Waals surface area contributed by atoms with Gasteiger partial charge >= 0.3 is 0 Å². The average Bonchev–Trinajstić information content (AvgIpc) is 3.20. The third-order valence-electron chi connectivity index (χ3n) is 4.50. The highest BCUT2D eigenvalue weighted by Gasteiger charge is 2.28. The lowest BCUT2D eigenvalue weighted by Gasteiger charge is -2.34. The molecule has 25 heavy (non-hydrogen) atoms. The third kappa shape index (κ3) is 4.36. The van der Waals surface area contributed by atoms with Gasteiger partial charge in [0.15, 0.2) is 0 Å². The molecule has 2 atom stereocenters. The van der Waals surface area contributed by atoms with Gasteiger partial charge in [-0.15, -0.1) is 0 Å². The molecule has 0 radical (unpaired) electrons. The molecular formula is C18H24N4O3. The van der Waals surface area contributed by atoms with Crippen LogP contribution in [0, 0.1) is 0 Å². The van der Waals surface area contributed by atoms with Crippen molar-refractivity contribution in [3.8, 4) is 5.75 Å². The van der Waals surface area contributed by atoms with E-state index < -0.39 is 6.10 Å². The lowest BCUT2D eigenvalue weighted by atomic mass is 10.1. The molecule has 1 aliphatic heterocycles. The first kappa shape index (κ1) is 17.4. The van der Waals surface area contributed by atoms with Gasteiger partial charge in [-0.25, -0.2) is 9.67 Å². The largest absolute Gasteiger partial charge is 0.497 e. The van der Waals surface area contributed by atoms with E-state index in [1.54, 1.807) is 13.4 Å². The zero-order valence-corrected chi connectivity index (χ0v) is 14.7. The minimum Gasteiger partial charge on any atom is -0.497 e. The molecule has 0 spiro atoms. The molecule has 0 aliphatic carbocycles. The van der Waals surface area contributed by atoms with Gasteiger partial charge in [0.25, 0.3) is 5.91 Å². The number of carbonyl (C=O) groups excluding carboxylic acids is 1. The van der Waals surface area contributed by atoms with Crippen LogP contribution in [0.15, 0.2) is 36.9 Å². The predicted octanol–water partition coefficient (Wildman–Crippen LogP) is 2.06. The van der Waals surface area contributed by atoms with E-state index in [1.165, 1.54) is 6.33 Å². The number of hydrogen-bond acceptors (Lipinski definition) is 5. The summed E-state index contributed by atoms with van der Waals surface area (Å²) in [6, 6.07) is 7.86. The number of hydrogen-bond donors (Lipinski definition) is 0. The van der Waals surface area contributed by atoms with Gasteiger partial charge in [-0.1, -0.05) is 12.1 Å². The number of aromatic nitrogens is 3. The van der Waals surface area contributed by atoms with E-state index in [9.17, 15) is 4.79 Å². The lowest BCUT2D eigenvalue weighted by Crippen LogP contribution is -2.45. The Morgan fingerprint density at radius 2 is 2.32 bits per heavy atom. The second-order valence-electron chi connectivity index (χ2n) is 6.26. The first-order valence-electron chi connectivity index (χ1n) is 8.55. The minimum atomic E-state index is -0.485. The molecule has 7 nitrogen and oxygen atoms in total. The Hall–Kier alpha value is -2.41. The fraction of sp³-hybridized carbons (Fsp3) is 0.500. The standard InChI is InChI=1S/C18H24N4O3/c1-14(25-11-15-5-3-7-17(9-15)24-2)18(23)21-8-4-6-16(10-21)22-13-19-12-20-22/h3,5,7,9,12-14,16H,4,6,8,10-11H2,1-2H3/t14-,16-/m0/s1. The summed E-state index contributed by atoms with van der Waals surface area (Å²) in [6.07, 6.45) is 4.72. The Kier molecular flexibility index (Phi) is 5.65. The quantitative estimate of drug-likeness (QED) is 0.802. The molecule has 1 saturated heterocycles. The average molecular weight is 344 g/mol. The van der Waals surface area contributed by atoms with E-state index in [4.69, 9.17) is 9.47 Å². The number of likely N-dealkylation sites (tertiary alicyclic amines) is 1. The fourth-order valence-electron chi connectivity index (χ4n) is 3.09. The second-order valence-corrected chi connectivity index (χ2v) is 6.26. The van der Waals surface area contributed by atoms with Crippen molar-refractivity contribution in [3.63, 3.8) is 0 Å². The van der Waals surface area contributed by atoms with E-state index in [0.29, 0.717) is 13.2 Å². The Morgan fingerprint density at radius 1 is 1.44 bits per heavy atom. The number of benzene rings is 1. The van der Waals surface area contributed by atoms with Gasteiger partial charge in [-0.3, -0.25) is 4.79 Å². The van der Waals surface area contributed by atoms with E-state index in [-0.39, 0.29) is 11.9 Å². The van der Waals surface area contributed by atoms with Gasteiger partial charge in [0, 0.05) is 13.1 Å². The van der Waals surface area contributed by atoms with Crippen LogP contribution in [0.2, 0.25) is 0 Å². The molecule has 1 fully saturated rings. The highest BCUT2D eigenvalue weighted by atomic mass is 16.5. The lowest BCUT2D eigenvalue weighted by molar-refractivity contribution is -0.145. The molecule has 0 bridgehead atoms. The first-order chi connectivity index (χ1) is 12.2. The molecule has 1 aromatic heterocycles. The topological polar surface area (TPSA) is 69.5 Å². The first-order valence-corrected chi connectivity index (χ1v) is 8.55. The maximum Gasteiger partial charge on any atom is 0.251 e. The molecule has 2 aromatic rings. The van der Waals surface area contributed by atoms with E-state index in [2.05, 4.69) is 10.1 Å². The predicted molar refractivity (Wildman–Crippen MR) is 92.1 cm³/mol. The summed E-state index contributed by atoms with van der Waals surface area (Å²) in [5.41, 5.74) is 0.984. The monoisotopic (exact) mass is 344 g/mol. The molecule has 134 valence electrons. The Labute approximate surface area is 147 Å². The van der Waals surface area contributed by atoms with Gasteiger partial charge < -0.3 is 14.4 Å². The number of ether oxygens (including phenoxy) is 2. The molecule has 3 rings (SSSR count). The summed E-state index contributed by atoms with van der Waals surface area (Å²) < 4.78 is 12.8. The maximum atomic E-state index is 12.7. The summed E-state index contributed by atoms with van der Waals surface area (Å²) in [6.45, 7) is 3.60. The number of amides is 1.